The van der Waals surface area contributed by atoms with Crippen molar-refractivity contribution in [3.05, 3.63) is 35.9 Å². The summed E-state index contributed by atoms with van der Waals surface area (Å²) in [7, 11) is 0. The summed E-state index contributed by atoms with van der Waals surface area (Å²) in [5.74, 6) is 0.136. The Labute approximate surface area is 155 Å². The molecule has 6 heteroatoms. The smallest absolute Gasteiger partial charge is 0.253 e. The van der Waals surface area contributed by atoms with E-state index in [4.69, 9.17) is 5.73 Å². The Morgan fingerprint density at radius 3 is 2.52 bits per heavy atom. The maximum absolute atomic E-state index is 13.0. The van der Waals surface area contributed by atoms with Crippen molar-refractivity contribution in [2.24, 2.45) is 11.7 Å². The molecule has 2 aliphatic rings. The zero-order chi connectivity index (χ0) is 16.9. The van der Waals surface area contributed by atoms with Crippen molar-refractivity contribution < 1.29 is 9.59 Å². The zero-order valence-electron chi connectivity index (χ0n) is 14.6. The second kappa shape index (κ2) is 9.20. The van der Waals surface area contributed by atoms with Crippen LogP contribution in [0, 0.1) is 5.92 Å². The number of halogens is 1. The fraction of sp³-hybridized carbons (Fsp3) is 0.579. The van der Waals surface area contributed by atoms with Gasteiger partial charge in [-0.05, 0) is 44.2 Å². The molecule has 0 aliphatic carbocycles. The number of amides is 2. The lowest BCUT2D eigenvalue weighted by molar-refractivity contribution is -0.140. The molecule has 2 fully saturated rings. The van der Waals surface area contributed by atoms with Crippen LogP contribution < -0.4 is 5.73 Å². The fourth-order valence-electron chi connectivity index (χ4n) is 3.90. The molecule has 2 unspecified atom stereocenters. The van der Waals surface area contributed by atoms with E-state index in [0.29, 0.717) is 18.7 Å². The van der Waals surface area contributed by atoms with E-state index in [-0.39, 0.29) is 36.2 Å². The van der Waals surface area contributed by atoms with Gasteiger partial charge >= 0.3 is 0 Å². The van der Waals surface area contributed by atoms with E-state index in [1.165, 1.54) is 0 Å². The van der Waals surface area contributed by atoms with Crippen LogP contribution in [0.15, 0.2) is 30.3 Å². The molecular weight excluding hydrogens is 338 g/mol. The Balaban J connectivity index is 0.00000225. The first-order valence-electron chi connectivity index (χ1n) is 9.05. The number of piperidine rings is 2. The summed E-state index contributed by atoms with van der Waals surface area (Å²) in [5.41, 5.74) is 6.55. The number of carbonyl (C=O) groups is 2. The average Bonchev–Trinajstić information content (AvgIpc) is 2.67. The van der Waals surface area contributed by atoms with E-state index in [1.807, 2.05) is 40.1 Å². The fourth-order valence-corrected chi connectivity index (χ4v) is 3.90. The van der Waals surface area contributed by atoms with Gasteiger partial charge in [-0.3, -0.25) is 9.59 Å². The maximum Gasteiger partial charge on any atom is 0.253 e. The van der Waals surface area contributed by atoms with Crippen LogP contribution in [0.25, 0.3) is 0 Å². The van der Waals surface area contributed by atoms with Crippen molar-refractivity contribution in [1.82, 2.24) is 9.80 Å². The molecule has 3 rings (SSSR count). The molecule has 138 valence electrons. The Morgan fingerprint density at radius 1 is 1.04 bits per heavy atom. The molecule has 2 atom stereocenters. The zero-order valence-corrected chi connectivity index (χ0v) is 15.4. The standard InChI is InChI=1S/C19H27N3O2.ClH/c20-13-17-10-4-5-12-22(17)19(24)16-9-6-11-21(14-16)18(23)15-7-2-1-3-8-15;/h1-3,7-8,16-17H,4-6,9-14,20H2;1H. The highest BCUT2D eigenvalue weighted by atomic mass is 35.5. The largest absolute Gasteiger partial charge is 0.338 e. The monoisotopic (exact) mass is 365 g/mol. The third-order valence-electron chi connectivity index (χ3n) is 5.26. The van der Waals surface area contributed by atoms with Crippen LogP contribution in [-0.2, 0) is 4.79 Å². The second-order valence-electron chi connectivity index (χ2n) is 6.87. The topological polar surface area (TPSA) is 66.6 Å². The normalized spacial score (nSPS) is 23.7. The van der Waals surface area contributed by atoms with Crippen molar-refractivity contribution in [3.8, 4) is 0 Å². The van der Waals surface area contributed by atoms with Gasteiger partial charge in [-0.25, -0.2) is 0 Å². The van der Waals surface area contributed by atoms with Crippen molar-refractivity contribution >= 4 is 24.2 Å². The summed E-state index contributed by atoms with van der Waals surface area (Å²) in [6.07, 6.45) is 4.96. The van der Waals surface area contributed by atoms with Gasteiger partial charge in [0.05, 0.1) is 5.92 Å². The number of nitrogens with two attached hydrogens (primary N) is 1. The number of hydrogen-bond donors (Lipinski definition) is 1. The Hall–Kier alpha value is -1.59. The van der Waals surface area contributed by atoms with Crippen molar-refractivity contribution in [2.75, 3.05) is 26.2 Å². The van der Waals surface area contributed by atoms with Crippen molar-refractivity contribution in [1.29, 1.82) is 0 Å². The molecule has 2 amide bonds. The lowest BCUT2D eigenvalue weighted by Crippen LogP contribution is -2.53. The molecule has 25 heavy (non-hydrogen) atoms. The van der Waals surface area contributed by atoms with Crippen LogP contribution in [0.2, 0.25) is 0 Å². The number of likely N-dealkylation sites (tertiary alicyclic amines) is 2. The van der Waals surface area contributed by atoms with Gasteiger partial charge in [0.15, 0.2) is 0 Å². The molecular formula is C19H28ClN3O2. The van der Waals surface area contributed by atoms with E-state index in [1.54, 1.807) is 0 Å². The van der Waals surface area contributed by atoms with Gasteiger partial charge in [-0.2, -0.15) is 0 Å². The Kier molecular flexibility index (Phi) is 7.26. The molecule has 0 aromatic heterocycles. The van der Waals surface area contributed by atoms with Gasteiger partial charge < -0.3 is 15.5 Å². The van der Waals surface area contributed by atoms with Gasteiger partial charge in [0.1, 0.15) is 0 Å². The van der Waals surface area contributed by atoms with E-state index in [0.717, 1.165) is 45.2 Å². The molecule has 5 nitrogen and oxygen atoms in total. The van der Waals surface area contributed by atoms with Gasteiger partial charge in [-0.15, -0.1) is 12.4 Å². The summed E-state index contributed by atoms with van der Waals surface area (Å²) in [6, 6.07) is 9.50. The van der Waals surface area contributed by atoms with Crippen LogP contribution >= 0.6 is 12.4 Å². The minimum Gasteiger partial charge on any atom is -0.338 e. The van der Waals surface area contributed by atoms with Gasteiger partial charge in [0.2, 0.25) is 5.91 Å². The molecule has 1 aromatic rings. The Bertz CT molecular complexity index is 581. The SMILES string of the molecule is Cl.NCC1CCCCN1C(=O)C1CCCN(C(=O)c2ccccc2)C1. The molecule has 2 N–H and O–H groups in total. The molecule has 0 bridgehead atoms. The van der Waals surface area contributed by atoms with Crippen molar-refractivity contribution in [3.63, 3.8) is 0 Å². The highest BCUT2D eigenvalue weighted by molar-refractivity contribution is 5.94. The summed E-state index contributed by atoms with van der Waals surface area (Å²) in [5, 5.41) is 0. The first-order valence-corrected chi connectivity index (χ1v) is 9.05. The van der Waals surface area contributed by atoms with Crippen LogP contribution in [-0.4, -0.2) is 53.8 Å². The minimum atomic E-state index is -0.0847. The lowest BCUT2D eigenvalue weighted by Gasteiger charge is -2.40. The summed E-state index contributed by atoms with van der Waals surface area (Å²) < 4.78 is 0. The van der Waals surface area contributed by atoms with Crippen molar-refractivity contribution in [2.45, 2.75) is 38.1 Å². The van der Waals surface area contributed by atoms with E-state index < -0.39 is 0 Å². The molecule has 2 heterocycles. The molecule has 2 saturated heterocycles. The Morgan fingerprint density at radius 2 is 1.80 bits per heavy atom. The third-order valence-corrected chi connectivity index (χ3v) is 5.26. The number of rotatable bonds is 3. The van der Waals surface area contributed by atoms with E-state index >= 15 is 0 Å². The summed E-state index contributed by atoms with van der Waals surface area (Å²) in [4.78, 5) is 29.4. The highest BCUT2D eigenvalue weighted by Gasteiger charge is 2.34. The van der Waals surface area contributed by atoms with Gasteiger partial charge in [0, 0.05) is 37.8 Å². The quantitative estimate of drug-likeness (QED) is 0.893. The summed E-state index contributed by atoms with van der Waals surface area (Å²) in [6.45, 7) is 2.60. The summed E-state index contributed by atoms with van der Waals surface area (Å²) >= 11 is 0. The highest BCUT2D eigenvalue weighted by Crippen LogP contribution is 2.24. The molecule has 2 aliphatic heterocycles. The molecule has 1 aromatic carbocycles. The third kappa shape index (κ3) is 4.53. The van der Waals surface area contributed by atoms with Gasteiger partial charge in [-0.1, -0.05) is 18.2 Å². The van der Waals surface area contributed by atoms with E-state index in [2.05, 4.69) is 0 Å². The number of nitrogens with zero attached hydrogens (tertiary/aromatic N) is 2. The number of benzene rings is 1. The average molecular weight is 366 g/mol. The van der Waals surface area contributed by atoms with Gasteiger partial charge in [0.25, 0.3) is 5.91 Å². The molecule has 0 saturated carbocycles. The predicted molar refractivity (Wildman–Crippen MR) is 101 cm³/mol. The predicted octanol–water partition coefficient (Wildman–Crippen LogP) is 2.30. The van der Waals surface area contributed by atoms with Crippen LogP contribution in [0.5, 0.6) is 0 Å². The molecule has 0 radical (unpaired) electrons. The van der Waals surface area contributed by atoms with Crippen LogP contribution in [0.3, 0.4) is 0 Å². The minimum absolute atomic E-state index is 0. The maximum atomic E-state index is 13.0. The number of hydrogen-bond acceptors (Lipinski definition) is 3. The first-order chi connectivity index (χ1) is 11.7. The van der Waals surface area contributed by atoms with Crippen LogP contribution in [0.4, 0.5) is 0 Å². The first kappa shape index (κ1) is 19.7. The van der Waals surface area contributed by atoms with Crippen LogP contribution in [0.1, 0.15) is 42.5 Å². The second-order valence-corrected chi connectivity index (χ2v) is 6.87. The molecule has 0 spiro atoms. The lowest BCUT2D eigenvalue weighted by atomic mass is 9.93. The van der Waals surface area contributed by atoms with E-state index in [9.17, 15) is 9.59 Å². The number of carbonyl (C=O) groups excluding carboxylic acids is 2.